The molecule has 1 aromatic heterocycles. The summed E-state index contributed by atoms with van der Waals surface area (Å²) in [5.41, 5.74) is 4.95. The van der Waals surface area contributed by atoms with E-state index in [1.165, 1.54) is 10.6 Å². The fourth-order valence-electron chi connectivity index (χ4n) is 1.91. The molecule has 0 saturated carbocycles. The van der Waals surface area contributed by atoms with Gasteiger partial charge in [0.05, 0.1) is 0 Å². The monoisotopic (exact) mass is 296 g/mol. The average molecular weight is 296 g/mol. The van der Waals surface area contributed by atoms with E-state index in [4.69, 9.17) is 5.73 Å². The van der Waals surface area contributed by atoms with Gasteiger partial charge in [0.25, 0.3) is 5.56 Å². The number of benzene rings is 1. The summed E-state index contributed by atoms with van der Waals surface area (Å²) < 4.78 is 27.1. The maximum atomic E-state index is 13.1. The van der Waals surface area contributed by atoms with Crippen LogP contribution in [-0.2, 0) is 13.1 Å². The van der Waals surface area contributed by atoms with Crippen LogP contribution < -0.4 is 22.3 Å². The fraction of sp³-hybridized carbons (Fsp3) is 0.231. The van der Waals surface area contributed by atoms with Crippen LogP contribution in [0.2, 0.25) is 0 Å². The number of aromatic amines is 1. The Labute approximate surface area is 118 Å². The molecule has 0 aliphatic rings. The molecule has 0 bridgehead atoms. The Morgan fingerprint density at radius 3 is 2.62 bits per heavy atom. The van der Waals surface area contributed by atoms with Gasteiger partial charge in [-0.2, -0.15) is 0 Å². The molecule has 1 aromatic carbocycles. The third-order valence-corrected chi connectivity index (χ3v) is 3.01. The molecule has 1 heterocycles. The second kappa shape index (κ2) is 5.78. The number of nitrogens with two attached hydrogens (primary N) is 1. The lowest BCUT2D eigenvalue weighted by Gasteiger charge is -2.12. The molecule has 0 radical (unpaired) electrons. The molecular formula is C13H14F2N4O2. The SMILES string of the molecule is CCn1c(N)c(NCc2ccc(F)c(F)c2)c(=O)[nH]c1=O. The van der Waals surface area contributed by atoms with Crippen molar-refractivity contribution in [1.29, 1.82) is 0 Å². The van der Waals surface area contributed by atoms with Crippen LogP contribution in [0.15, 0.2) is 27.8 Å². The minimum Gasteiger partial charge on any atom is -0.383 e. The summed E-state index contributed by atoms with van der Waals surface area (Å²) in [7, 11) is 0. The lowest BCUT2D eigenvalue weighted by atomic mass is 10.2. The van der Waals surface area contributed by atoms with Gasteiger partial charge in [0, 0.05) is 13.1 Å². The van der Waals surface area contributed by atoms with Gasteiger partial charge in [-0.15, -0.1) is 0 Å². The predicted molar refractivity (Wildman–Crippen MR) is 75.1 cm³/mol. The molecular weight excluding hydrogens is 282 g/mol. The van der Waals surface area contributed by atoms with Gasteiger partial charge < -0.3 is 11.1 Å². The second-order valence-corrected chi connectivity index (χ2v) is 4.37. The van der Waals surface area contributed by atoms with Crippen LogP contribution in [0.5, 0.6) is 0 Å². The Morgan fingerprint density at radius 2 is 2.00 bits per heavy atom. The van der Waals surface area contributed by atoms with Crippen molar-refractivity contribution < 1.29 is 8.78 Å². The van der Waals surface area contributed by atoms with E-state index in [9.17, 15) is 18.4 Å². The second-order valence-electron chi connectivity index (χ2n) is 4.37. The molecule has 2 rings (SSSR count). The van der Waals surface area contributed by atoms with Gasteiger partial charge in [-0.25, -0.2) is 13.6 Å². The molecule has 112 valence electrons. The lowest BCUT2D eigenvalue weighted by Crippen LogP contribution is -2.33. The Kier molecular flexibility index (Phi) is 4.06. The summed E-state index contributed by atoms with van der Waals surface area (Å²) in [6.07, 6.45) is 0. The van der Waals surface area contributed by atoms with Crippen LogP contribution in [0.1, 0.15) is 12.5 Å². The highest BCUT2D eigenvalue weighted by molar-refractivity contribution is 5.60. The zero-order valence-corrected chi connectivity index (χ0v) is 11.2. The molecule has 0 unspecified atom stereocenters. The number of hydrogen-bond acceptors (Lipinski definition) is 4. The van der Waals surface area contributed by atoms with Gasteiger partial charge in [-0.3, -0.25) is 14.3 Å². The summed E-state index contributed by atoms with van der Waals surface area (Å²) in [5, 5.41) is 2.73. The van der Waals surface area contributed by atoms with E-state index in [1.807, 2.05) is 0 Å². The van der Waals surface area contributed by atoms with Crippen molar-refractivity contribution in [2.24, 2.45) is 0 Å². The van der Waals surface area contributed by atoms with E-state index < -0.39 is 22.9 Å². The van der Waals surface area contributed by atoms with E-state index in [2.05, 4.69) is 10.3 Å². The lowest BCUT2D eigenvalue weighted by molar-refractivity contribution is 0.507. The number of anilines is 2. The van der Waals surface area contributed by atoms with Crippen molar-refractivity contribution in [3.63, 3.8) is 0 Å². The Morgan fingerprint density at radius 1 is 1.29 bits per heavy atom. The maximum Gasteiger partial charge on any atom is 0.330 e. The van der Waals surface area contributed by atoms with E-state index in [-0.39, 0.29) is 18.1 Å². The number of rotatable bonds is 4. The molecule has 0 aliphatic carbocycles. The molecule has 21 heavy (non-hydrogen) atoms. The minimum atomic E-state index is -0.977. The quantitative estimate of drug-likeness (QED) is 0.785. The first-order valence-electron chi connectivity index (χ1n) is 6.24. The minimum absolute atomic E-state index is 0.00571. The number of nitrogen functional groups attached to an aromatic ring is 1. The van der Waals surface area contributed by atoms with Crippen molar-refractivity contribution in [2.75, 3.05) is 11.1 Å². The predicted octanol–water partition coefficient (Wildman–Crippen LogP) is 1.03. The largest absolute Gasteiger partial charge is 0.383 e. The van der Waals surface area contributed by atoms with E-state index >= 15 is 0 Å². The smallest absolute Gasteiger partial charge is 0.330 e. The maximum absolute atomic E-state index is 13.1. The normalized spacial score (nSPS) is 10.6. The number of H-pyrrole nitrogens is 1. The number of halogens is 2. The molecule has 0 amide bonds. The standard InChI is InChI=1S/C13H14F2N4O2/c1-2-19-11(16)10(12(20)18-13(19)21)17-6-7-3-4-8(14)9(15)5-7/h3-5,17H,2,6,16H2,1H3,(H,18,20,21). The third kappa shape index (κ3) is 2.93. The number of nitrogens with zero attached hydrogens (tertiary/aromatic N) is 1. The summed E-state index contributed by atoms with van der Waals surface area (Å²) in [6.45, 7) is 2.06. The highest BCUT2D eigenvalue weighted by atomic mass is 19.2. The molecule has 0 atom stereocenters. The van der Waals surface area contributed by atoms with Crippen molar-refractivity contribution in [2.45, 2.75) is 20.0 Å². The molecule has 0 spiro atoms. The highest BCUT2D eigenvalue weighted by Crippen LogP contribution is 2.13. The van der Waals surface area contributed by atoms with Gasteiger partial charge in [0.1, 0.15) is 11.5 Å². The first-order valence-corrected chi connectivity index (χ1v) is 6.24. The molecule has 4 N–H and O–H groups in total. The molecule has 8 heteroatoms. The van der Waals surface area contributed by atoms with Gasteiger partial charge in [0.2, 0.25) is 0 Å². The van der Waals surface area contributed by atoms with Crippen LogP contribution in [0.4, 0.5) is 20.3 Å². The Balaban J connectivity index is 2.30. The van der Waals surface area contributed by atoms with Crippen LogP contribution in [0.25, 0.3) is 0 Å². The van der Waals surface area contributed by atoms with Crippen molar-refractivity contribution >= 4 is 11.5 Å². The first-order chi connectivity index (χ1) is 9.93. The van der Waals surface area contributed by atoms with Gasteiger partial charge in [-0.05, 0) is 24.6 Å². The van der Waals surface area contributed by atoms with Crippen molar-refractivity contribution in [3.8, 4) is 0 Å². The Hall–Kier alpha value is -2.64. The first kappa shape index (κ1) is 14.8. The zero-order chi connectivity index (χ0) is 15.6. The van der Waals surface area contributed by atoms with Crippen molar-refractivity contribution in [3.05, 3.63) is 56.2 Å². The molecule has 0 aliphatic heterocycles. The zero-order valence-electron chi connectivity index (χ0n) is 11.2. The number of hydrogen-bond donors (Lipinski definition) is 3. The topological polar surface area (TPSA) is 92.9 Å². The van der Waals surface area contributed by atoms with Crippen LogP contribution in [0, 0.1) is 11.6 Å². The molecule has 0 saturated heterocycles. The molecule has 6 nitrogen and oxygen atoms in total. The summed E-state index contributed by atoms with van der Waals surface area (Å²) in [5.74, 6) is -1.93. The van der Waals surface area contributed by atoms with E-state index in [1.54, 1.807) is 6.92 Å². The number of nitrogens with one attached hydrogen (secondary N) is 2. The molecule has 0 fully saturated rings. The third-order valence-electron chi connectivity index (χ3n) is 3.01. The van der Waals surface area contributed by atoms with Gasteiger partial charge in [-0.1, -0.05) is 6.07 Å². The summed E-state index contributed by atoms with van der Waals surface area (Å²) in [6, 6.07) is 3.39. The number of aromatic nitrogens is 2. The average Bonchev–Trinajstić information content (AvgIpc) is 2.42. The van der Waals surface area contributed by atoms with E-state index in [0.29, 0.717) is 12.1 Å². The van der Waals surface area contributed by atoms with Gasteiger partial charge in [0.15, 0.2) is 11.6 Å². The fourth-order valence-corrected chi connectivity index (χ4v) is 1.91. The van der Waals surface area contributed by atoms with Gasteiger partial charge >= 0.3 is 5.69 Å². The highest BCUT2D eigenvalue weighted by Gasteiger charge is 2.11. The van der Waals surface area contributed by atoms with Crippen LogP contribution in [-0.4, -0.2) is 9.55 Å². The summed E-state index contributed by atoms with van der Waals surface area (Å²) >= 11 is 0. The molecule has 2 aromatic rings. The Bertz CT molecular complexity index is 783. The van der Waals surface area contributed by atoms with E-state index in [0.717, 1.165) is 12.1 Å². The van der Waals surface area contributed by atoms with Crippen LogP contribution >= 0.6 is 0 Å². The van der Waals surface area contributed by atoms with Crippen molar-refractivity contribution in [1.82, 2.24) is 9.55 Å². The summed E-state index contributed by atoms with van der Waals surface area (Å²) in [4.78, 5) is 25.4. The van der Waals surface area contributed by atoms with Crippen LogP contribution in [0.3, 0.4) is 0 Å².